The number of aliphatic hydroxyl groups excluding tert-OH is 2. The van der Waals surface area contributed by atoms with Crippen molar-refractivity contribution in [3.8, 4) is 0 Å². The van der Waals surface area contributed by atoms with Crippen molar-refractivity contribution in [1.29, 1.82) is 0 Å². The number of nitrogens with two attached hydrogens (primary N) is 1. The number of carbonyl (C=O) groups excluding carboxylic acids is 1. The molecule has 0 fully saturated rings. The zero-order valence-electron chi connectivity index (χ0n) is 8.95. The summed E-state index contributed by atoms with van der Waals surface area (Å²) in [5.74, 6) is -0.315. The molecule has 0 saturated carbocycles. The Hall–Kier alpha value is -0.650. The van der Waals surface area contributed by atoms with Crippen molar-refractivity contribution in [2.45, 2.75) is 32.9 Å². The summed E-state index contributed by atoms with van der Waals surface area (Å²) < 4.78 is 0. The molecule has 0 aliphatic carbocycles. The highest BCUT2D eigenvalue weighted by molar-refractivity contribution is 5.82. The lowest BCUT2D eigenvalue weighted by atomic mass is 9.87. The van der Waals surface area contributed by atoms with Crippen LogP contribution >= 0.6 is 0 Å². The molecule has 0 aromatic heterocycles. The minimum absolute atomic E-state index is 0.0269. The Morgan fingerprint density at radius 1 is 1.50 bits per heavy atom. The molecule has 84 valence electrons. The first-order valence-corrected chi connectivity index (χ1v) is 4.61. The standard InChI is InChI=1S/C9H20N2O3/c1-9(2,3)7(10)8(14)11-4-6(13)5-12/h6-7,12-13H,4-5,10H2,1-3H3,(H,11,14)/t6-,7?/m0/s1. The van der Waals surface area contributed by atoms with Crippen molar-refractivity contribution in [2.75, 3.05) is 13.2 Å². The molecule has 5 nitrogen and oxygen atoms in total. The first-order chi connectivity index (χ1) is 6.29. The van der Waals surface area contributed by atoms with Gasteiger partial charge in [-0.1, -0.05) is 20.8 Å². The van der Waals surface area contributed by atoms with Gasteiger partial charge in [0.2, 0.25) is 5.91 Å². The maximum atomic E-state index is 11.4. The van der Waals surface area contributed by atoms with E-state index in [1.165, 1.54) is 0 Å². The molecule has 0 spiro atoms. The van der Waals surface area contributed by atoms with Crippen molar-refractivity contribution < 1.29 is 15.0 Å². The third-order valence-electron chi connectivity index (χ3n) is 1.94. The molecule has 0 bridgehead atoms. The van der Waals surface area contributed by atoms with E-state index in [0.29, 0.717) is 0 Å². The number of nitrogens with one attached hydrogen (secondary N) is 1. The van der Waals surface area contributed by atoms with Crippen molar-refractivity contribution >= 4 is 5.91 Å². The lowest BCUT2D eigenvalue weighted by Crippen LogP contribution is -2.50. The zero-order chi connectivity index (χ0) is 11.4. The number of hydrogen-bond acceptors (Lipinski definition) is 4. The van der Waals surface area contributed by atoms with Gasteiger partial charge in [0, 0.05) is 6.54 Å². The summed E-state index contributed by atoms with van der Waals surface area (Å²) in [5, 5.41) is 20.0. The quantitative estimate of drug-likeness (QED) is 0.464. The van der Waals surface area contributed by atoms with Crippen LogP contribution in [0.4, 0.5) is 0 Å². The van der Waals surface area contributed by atoms with E-state index < -0.39 is 12.1 Å². The summed E-state index contributed by atoms with van der Waals surface area (Å²) in [6.07, 6.45) is -0.925. The second-order valence-electron chi connectivity index (χ2n) is 4.43. The van der Waals surface area contributed by atoms with Gasteiger partial charge in [0.25, 0.3) is 0 Å². The van der Waals surface area contributed by atoms with Gasteiger partial charge in [-0.05, 0) is 5.41 Å². The Kier molecular flexibility index (Phi) is 5.04. The fraction of sp³-hybridized carbons (Fsp3) is 0.889. The first-order valence-electron chi connectivity index (χ1n) is 4.61. The first kappa shape index (κ1) is 13.4. The number of aliphatic hydroxyl groups is 2. The van der Waals surface area contributed by atoms with Crippen LogP contribution in [0.15, 0.2) is 0 Å². The van der Waals surface area contributed by atoms with Crippen LogP contribution < -0.4 is 11.1 Å². The van der Waals surface area contributed by atoms with Crippen molar-refractivity contribution in [3.05, 3.63) is 0 Å². The van der Waals surface area contributed by atoms with Crippen LogP contribution in [0.5, 0.6) is 0 Å². The van der Waals surface area contributed by atoms with Crippen LogP contribution in [0.25, 0.3) is 0 Å². The molecule has 0 rings (SSSR count). The summed E-state index contributed by atoms with van der Waals surface area (Å²) in [6.45, 7) is 5.24. The van der Waals surface area contributed by atoms with E-state index in [-0.39, 0.29) is 24.5 Å². The Morgan fingerprint density at radius 2 is 2.00 bits per heavy atom. The minimum Gasteiger partial charge on any atom is -0.394 e. The van der Waals surface area contributed by atoms with E-state index in [1.807, 2.05) is 20.8 Å². The molecule has 5 N–H and O–H groups in total. The molecule has 0 saturated heterocycles. The predicted octanol–water partition coefficient (Wildman–Crippen LogP) is -1.17. The SMILES string of the molecule is CC(C)(C)C(N)C(=O)NC[C@H](O)CO. The summed E-state index contributed by atoms with van der Waals surface area (Å²) >= 11 is 0. The van der Waals surface area contributed by atoms with Crippen molar-refractivity contribution in [2.24, 2.45) is 11.1 Å². The maximum absolute atomic E-state index is 11.4. The van der Waals surface area contributed by atoms with Crippen molar-refractivity contribution in [1.82, 2.24) is 5.32 Å². The van der Waals surface area contributed by atoms with E-state index in [4.69, 9.17) is 15.9 Å². The molecule has 14 heavy (non-hydrogen) atoms. The lowest BCUT2D eigenvalue weighted by Gasteiger charge is -2.26. The third-order valence-corrected chi connectivity index (χ3v) is 1.94. The lowest BCUT2D eigenvalue weighted by molar-refractivity contribution is -0.125. The Balaban J connectivity index is 3.97. The predicted molar refractivity (Wildman–Crippen MR) is 53.5 cm³/mol. The summed E-state index contributed by atoms with van der Waals surface area (Å²) in [6, 6.07) is -0.617. The molecule has 5 heteroatoms. The molecule has 0 aromatic rings. The fourth-order valence-electron chi connectivity index (χ4n) is 0.786. The highest BCUT2D eigenvalue weighted by atomic mass is 16.3. The molecule has 0 aromatic carbocycles. The van der Waals surface area contributed by atoms with Gasteiger partial charge in [0.15, 0.2) is 0 Å². The average molecular weight is 204 g/mol. The molecule has 1 amide bonds. The van der Waals surface area contributed by atoms with Gasteiger partial charge >= 0.3 is 0 Å². The third kappa shape index (κ3) is 4.55. The Morgan fingerprint density at radius 3 is 2.36 bits per heavy atom. The summed E-state index contributed by atoms with van der Waals surface area (Å²) in [4.78, 5) is 11.4. The molecular weight excluding hydrogens is 184 g/mol. The molecular formula is C9H20N2O3. The van der Waals surface area contributed by atoms with Crippen LogP contribution in [0, 0.1) is 5.41 Å². The van der Waals surface area contributed by atoms with Crippen molar-refractivity contribution in [3.63, 3.8) is 0 Å². The van der Waals surface area contributed by atoms with E-state index in [9.17, 15) is 4.79 Å². The monoisotopic (exact) mass is 204 g/mol. The number of carbonyl (C=O) groups is 1. The van der Waals surface area contributed by atoms with Gasteiger partial charge in [-0.25, -0.2) is 0 Å². The van der Waals surface area contributed by atoms with Crippen LogP contribution in [-0.4, -0.2) is 41.4 Å². The molecule has 0 heterocycles. The van der Waals surface area contributed by atoms with Crippen LogP contribution in [0.3, 0.4) is 0 Å². The molecule has 1 unspecified atom stereocenters. The maximum Gasteiger partial charge on any atom is 0.237 e. The largest absolute Gasteiger partial charge is 0.394 e. The number of hydrogen-bond donors (Lipinski definition) is 4. The molecule has 0 radical (unpaired) electrons. The smallest absolute Gasteiger partial charge is 0.237 e. The van der Waals surface area contributed by atoms with Gasteiger partial charge in [0.1, 0.15) is 0 Å². The number of amides is 1. The van der Waals surface area contributed by atoms with Gasteiger partial charge in [0.05, 0.1) is 18.8 Å². The van der Waals surface area contributed by atoms with Gasteiger partial charge in [-0.3, -0.25) is 4.79 Å². The Labute approximate surface area is 84.3 Å². The van der Waals surface area contributed by atoms with Gasteiger partial charge in [-0.2, -0.15) is 0 Å². The van der Waals surface area contributed by atoms with E-state index in [2.05, 4.69) is 5.32 Å². The Bertz CT molecular complexity index is 189. The van der Waals surface area contributed by atoms with Crippen LogP contribution in [0.1, 0.15) is 20.8 Å². The van der Waals surface area contributed by atoms with E-state index in [0.717, 1.165) is 0 Å². The average Bonchev–Trinajstić information content (AvgIpc) is 2.10. The summed E-state index contributed by atoms with van der Waals surface area (Å²) in [5.41, 5.74) is 5.35. The zero-order valence-corrected chi connectivity index (χ0v) is 8.95. The van der Waals surface area contributed by atoms with Gasteiger partial charge < -0.3 is 21.3 Å². The van der Waals surface area contributed by atoms with Crippen LogP contribution in [0.2, 0.25) is 0 Å². The minimum atomic E-state index is -0.925. The number of rotatable bonds is 4. The van der Waals surface area contributed by atoms with Gasteiger partial charge in [-0.15, -0.1) is 0 Å². The second kappa shape index (κ2) is 5.29. The highest BCUT2D eigenvalue weighted by Crippen LogP contribution is 2.16. The summed E-state index contributed by atoms with van der Waals surface area (Å²) in [7, 11) is 0. The normalized spacial score (nSPS) is 16.1. The fourth-order valence-corrected chi connectivity index (χ4v) is 0.786. The topological polar surface area (TPSA) is 95.6 Å². The molecule has 2 atom stereocenters. The molecule has 0 aliphatic rings. The van der Waals surface area contributed by atoms with E-state index in [1.54, 1.807) is 0 Å². The second-order valence-corrected chi connectivity index (χ2v) is 4.43. The van der Waals surface area contributed by atoms with Crippen LogP contribution in [-0.2, 0) is 4.79 Å². The van der Waals surface area contributed by atoms with E-state index >= 15 is 0 Å². The highest BCUT2D eigenvalue weighted by Gasteiger charge is 2.27. The molecule has 0 aliphatic heterocycles.